The Morgan fingerprint density at radius 2 is 1.84 bits per heavy atom. The van der Waals surface area contributed by atoms with Crippen LogP contribution in [0.5, 0.6) is 5.75 Å². The number of hydrogen-bond donors (Lipinski definition) is 2. The highest BCUT2D eigenvalue weighted by Crippen LogP contribution is 2.32. The van der Waals surface area contributed by atoms with Gasteiger partial charge in [-0.25, -0.2) is 9.59 Å². The Morgan fingerprint density at radius 3 is 2.53 bits per heavy atom. The molecule has 2 aromatic carbocycles. The van der Waals surface area contributed by atoms with Gasteiger partial charge in [-0.2, -0.15) is 0 Å². The number of esters is 1. The lowest BCUT2D eigenvalue weighted by atomic mass is 9.94. The van der Waals surface area contributed by atoms with Crippen molar-refractivity contribution in [3.8, 4) is 5.75 Å². The van der Waals surface area contributed by atoms with Gasteiger partial charge in [-0.05, 0) is 56.7 Å². The van der Waals surface area contributed by atoms with Gasteiger partial charge in [-0.15, -0.1) is 0 Å². The minimum atomic E-state index is -0.710. The molecule has 0 aliphatic carbocycles. The Hall–Kier alpha value is -3.81. The Morgan fingerprint density at radius 1 is 1.12 bits per heavy atom. The molecule has 2 N–H and O–H groups in total. The maximum absolute atomic E-state index is 12.8. The standard InChI is InChI=1S/C24H27N3O5/c1-14(2)32-23(29)20-15(3)27(4)24(30)26-21(20)16-8-6-10-18(12-16)25-22(28)17-9-7-11-19(13-17)31-5/h6-14,21H,1-5H3,(H,25,28)(H,26,30)/t21-/m1/s1. The van der Waals surface area contributed by atoms with Gasteiger partial charge in [0.05, 0.1) is 24.8 Å². The summed E-state index contributed by atoms with van der Waals surface area (Å²) in [5, 5.41) is 5.69. The number of nitrogens with zero attached hydrogens (tertiary/aromatic N) is 1. The highest BCUT2D eigenvalue weighted by molar-refractivity contribution is 6.04. The predicted molar refractivity (Wildman–Crippen MR) is 120 cm³/mol. The van der Waals surface area contributed by atoms with Crippen molar-refractivity contribution in [3.63, 3.8) is 0 Å². The number of allylic oxidation sites excluding steroid dienone is 1. The van der Waals surface area contributed by atoms with Crippen LogP contribution < -0.4 is 15.4 Å². The molecule has 168 valence electrons. The zero-order valence-electron chi connectivity index (χ0n) is 18.8. The van der Waals surface area contributed by atoms with Gasteiger partial charge in [0.2, 0.25) is 0 Å². The fraction of sp³-hybridized carbons (Fsp3) is 0.292. The van der Waals surface area contributed by atoms with Gasteiger partial charge in [-0.1, -0.05) is 18.2 Å². The number of ether oxygens (including phenoxy) is 2. The van der Waals surface area contributed by atoms with Crippen molar-refractivity contribution in [2.75, 3.05) is 19.5 Å². The van der Waals surface area contributed by atoms with E-state index in [1.165, 1.54) is 12.0 Å². The van der Waals surface area contributed by atoms with Gasteiger partial charge in [0.25, 0.3) is 5.91 Å². The quantitative estimate of drug-likeness (QED) is 0.669. The summed E-state index contributed by atoms with van der Waals surface area (Å²) in [6.07, 6.45) is -0.306. The van der Waals surface area contributed by atoms with Crippen LogP contribution in [0, 0.1) is 0 Å². The molecule has 3 rings (SSSR count). The molecule has 1 atom stereocenters. The van der Waals surface area contributed by atoms with E-state index in [2.05, 4.69) is 10.6 Å². The molecule has 8 heteroatoms. The molecule has 1 aliphatic rings. The van der Waals surface area contributed by atoms with Crippen LogP contribution in [0.25, 0.3) is 0 Å². The molecule has 2 aromatic rings. The Labute approximate surface area is 187 Å². The number of carbonyl (C=O) groups is 3. The topological polar surface area (TPSA) is 97.0 Å². The zero-order valence-corrected chi connectivity index (χ0v) is 18.8. The van der Waals surface area contributed by atoms with Gasteiger partial charge in [0.1, 0.15) is 5.75 Å². The Bertz CT molecular complexity index is 1080. The Kier molecular flexibility index (Phi) is 6.82. The Balaban J connectivity index is 1.91. The summed E-state index contributed by atoms with van der Waals surface area (Å²) in [6, 6.07) is 12.8. The van der Waals surface area contributed by atoms with Crippen molar-refractivity contribution >= 4 is 23.6 Å². The number of benzene rings is 2. The van der Waals surface area contributed by atoms with Crippen LogP contribution in [0.1, 0.15) is 42.7 Å². The van der Waals surface area contributed by atoms with E-state index in [1.54, 1.807) is 76.3 Å². The van der Waals surface area contributed by atoms with Gasteiger partial charge in [0, 0.05) is 24.0 Å². The van der Waals surface area contributed by atoms with Crippen molar-refractivity contribution in [2.24, 2.45) is 0 Å². The molecular weight excluding hydrogens is 410 g/mol. The van der Waals surface area contributed by atoms with E-state index in [1.807, 2.05) is 0 Å². The van der Waals surface area contributed by atoms with Gasteiger partial charge in [0.15, 0.2) is 0 Å². The summed E-state index contributed by atoms with van der Waals surface area (Å²) in [5.41, 5.74) is 2.47. The lowest BCUT2D eigenvalue weighted by Gasteiger charge is -2.33. The van der Waals surface area contributed by atoms with Crippen molar-refractivity contribution in [1.82, 2.24) is 10.2 Å². The van der Waals surface area contributed by atoms with Crippen LogP contribution in [-0.4, -0.2) is 43.1 Å². The fourth-order valence-electron chi connectivity index (χ4n) is 3.39. The molecule has 0 spiro atoms. The number of nitrogens with one attached hydrogen (secondary N) is 2. The first-order chi connectivity index (χ1) is 15.2. The van der Waals surface area contributed by atoms with Gasteiger partial charge < -0.3 is 25.0 Å². The lowest BCUT2D eigenvalue weighted by molar-refractivity contribution is -0.143. The summed E-state index contributed by atoms with van der Waals surface area (Å²) in [7, 11) is 3.13. The summed E-state index contributed by atoms with van der Waals surface area (Å²) in [4.78, 5) is 39.3. The SMILES string of the molecule is COc1cccc(C(=O)Nc2cccc([C@H]3NC(=O)N(C)C(C)=C3C(=O)OC(C)C)c2)c1. The van der Waals surface area contributed by atoms with Crippen LogP contribution in [-0.2, 0) is 9.53 Å². The second kappa shape index (κ2) is 9.55. The van der Waals surface area contributed by atoms with E-state index in [9.17, 15) is 14.4 Å². The molecule has 0 saturated heterocycles. The van der Waals surface area contributed by atoms with Crippen LogP contribution in [0.3, 0.4) is 0 Å². The third-order valence-electron chi connectivity index (χ3n) is 5.13. The van der Waals surface area contributed by atoms with Crippen molar-refractivity contribution < 1.29 is 23.9 Å². The molecule has 0 bridgehead atoms. The number of hydrogen-bond acceptors (Lipinski definition) is 5. The van der Waals surface area contributed by atoms with Gasteiger partial charge in [-0.3, -0.25) is 4.79 Å². The van der Waals surface area contributed by atoms with E-state index < -0.39 is 12.0 Å². The first-order valence-electron chi connectivity index (χ1n) is 10.2. The van der Waals surface area contributed by atoms with Crippen molar-refractivity contribution in [3.05, 3.63) is 70.9 Å². The highest BCUT2D eigenvalue weighted by atomic mass is 16.5. The molecule has 32 heavy (non-hydrogen) atoms. The minimum Gasteiger partial charge on any atom is -0.497 e. The van der Waals surface area contributed by atoms with E-state index in [4.69, 9.17) is 9.47 Å². The summed E-state index contributed by atoms with van der Waals surface area (Å²) >= 11 is 0. The number of methoxy groups -OCH3 is 1. The van der Waals surface area contributed by atoms with Crippen LogP contribution >= 0.6 is 0 Å². The molecular formula is C24H27N3O5. The first kappa shape index (κ1) is 22.9. The van der Waals surface area contributed by atoms with Crippen molar-refractivity contribution in [2.45, 2.75) is 32.9 Å². The van der Waals surface area contributed by atoms with Gasteiger partial charge >= 0.3 is 12.0 Å². The molecule has 3 amide bonds. The number of anilines is 1. The summed E-state index contributed by atoms with van der Waals surface area (Å²) in [5.74, 6) is -0.228. The second-order valence-electron chi connectivity index (χ2n) is 7.71. The normalized spacial score (nSPS) is 16.0. The molecule has 8 nitrogen and oxygen atoms in total. The highest BCUT2D eigenvalue weighted by Gasteiger charge is 2.35. The molecule has 0 saturated carbocycles. The number of rotatable bonds is 6. The second-order valence-corrected chi connectivity index (χ2v) is 7.71. The largest absolute Gasteiger partial charge is 0.497 e. The molecule has 0 fully saturated rings. The molecule has 1 heterocycles. The smallest absolute Gasteiger partial charge is 0.338 e. The molecule has 1 aliphatic heterocycles. The number of amides is 3. The predicted octanol–water partition coefficient (Wildman–Crippen LogP) is 3.87. The lowest BCUT2D eigenvalue weighted by Crippen LogP contribution is -2.46. The minimum absolute atomic E-state index is 0.306. The zero-order chi connectivity index (χ0) is 23.4. The molecule has 0 unspecified atom stereocenters. The maximum Gasteiger partial charge on any atom is 0.338 e. The van der Waals surface area contributed by atoms with E-state index in [-0.39, 0.29) is 18.0 Å². The van der Waals surface area contributed by atoms with E-state index >= 15 is 0 Å². The fourth-order valence-corrected chi connectivity index (χ4v) is 3.39. The van der Waals surface area contributed by atoms with Crippen LogP contribution in [0.2, 0.25) is 0 Å². The average Bonchev–Trinajstić information content (AvgIpc) is 2.76. The third kappa shape index (κ3) is 4.91. The van der Waals surface area contributed by atoms with Crippen molar-refractivity contribution in [1.29, 1.82) is 0 Å². The monoisotopic (exact) mass is 437 g/mol. The third-order valence-corrected chi connectivity index (χ3v) is 5.13. The average molecular weight is 437 g/mol. The molecule has 0 radical (unpaired) electrons. The van der Waals surface area contributed by atoms with E-state index in [0.29, 0.717) is 33.8 Å². The first-order valence-corrected chi connectivity index (χ1v) is 10.2. The molecule has 0 aromatic heterocycles. The summed E-state index contributed by atoms with van der Waals surface area (Å²) in [6.45, 7) is 5.24. The van der Waals surface area contributed by atoms with Crippen LogP contribution in [0.4, 0.5) is 10.5 Å². The number of urea groups is 1. The summed E-state index contributed by atoms with van der Waals surface area (Å²) < 4.78 is 10.6. The number of carbonyl (C=O) groups excluding carboxylic acids is 3. The van der Waals surface area contributed by atoms with Crippen LogP contribution in [0.15, 0.2) is 59.8 Å². The maximum atomic E-state index is 12.8. The van der Waals surface area contributed by atoms with E-state index in [0.717, 1.165) is 0 Å².